The van der Waals surface area contributed by atoms with Crippen LogP contribution in [0.1, 0.15) is 35.0 Å². The summed E-state index contributed by atoms with van der Waals surface area (Å²) in [6.45, 7) is 3.15. The van der Waals surface area contributed by atoms with Crippen LogP contribution in [0.3, 0.4) is 0 Å². The van der Waals surface area contributed by atoms with E-state index in [1.165, 1.54) is 16.7 Å². The second kappa shape index (κ2) is 6.56. The third-order valence-corrected chi connectivity index (χ3v) is 5.04. The number of rotatable bonds is 4. The Hall–Kier alpha value is -2.87. The molecule has 1 atom stereocenters. The first kappa shape index (κ1) is 15.6. The molecular formula is C23H22N2. The van der Waals surface area contributed by atoms with E-state index in [9.17, 15) is 0 Å². The molecule has 0 amide bonds. The standard InChI is InChI=1S/C23H22N2/c1-23(20-10-6-3-7-11-20,16-18-8-4-2-5-9-18)22-13-12-19-17-24-15-14-21(19)25-22/h2-15,24H,16-17H2,1H3. The molecule has 2 nitrogen and oxygen atoms in total. The van der Waals surface area contributed by atoms with E-state index >= 15 is 0 Å². The van der Waals surface area contributed by atoms with E-state index in [0.29, 0.717) is 0 Å². The van der Waals surface area contributed by atoms with Gasteiger partial charge in [-0.05, 0) is 48.4 Å². The molecule has 1 aliphatic heterocycles. The summed E-state index contributed by atoms with van der Waals surface area (Å²) in [6, 6.07) is 25.8. The summed E-state index contributed by atoms with van der Waals surface area (Å²) in [5, 5.41) is 3.25. The van der Waals surface area contributed by atoms with Crippen LogP contribution >= 0.6 is 0 Å². The lowest BCUT2D eigenvalue weighted by Gasteiger charge is -2.31. The van der Waals surface area contributed by atoms with Crippen LogP contribution in [0.4, 0.5) is 0 Å². The number of nitrogens with one attached hydrogen (secondary N) is 1. The van der Waals surface area contributed by atoms with Crippen molar-refractivity contribution in [2.24, 2.45) is 0 Å². The molecule has 0 saturated carbocycles. The molecule has 2 heterocycles. The molecule has 3 aromatic rings. The Kier molecular flexibility index (Phi) is 4.10. The van der Waals surface area contributed by atoms with Gasteiger partial charge in [0.25, 0.3) is 0 Å². The fraction of sp³-hybridized carbons (Fsp3) is 0.174. The minimum Gasteiger partial charge on any atom is -0.387 e. The second-order valence-electron chi connectivity index (χ2n) is 6.82. The SMILES string of the molecule is CC(Cc1ccccc1)(c1ccccc1)c1ccc2c(n1)C=CNC2. The molecule has 1 N–H and O–H groups in total. The Morgan fingerprint density at radius 3 is 2.40 bits per heavy atom. The lowest BCUT2D eigenvalue weighted by atomic mass is 9.74. The normalized spacial score (nSPS) is 15.1. The molecule has 2 heteroatoms. The van der Waals surface area contributed by atoms with Gasteiger partial charge in [-0.2, -0.15) is 0 Å². The highest BCUT2D eigenvalue weighted by Gasteiger charge is 2.31. The van der Waals surface area contributed by atoms with Crippen molar-refractivity contribution in [3.8, 4) is 0 Å². The van der Waals surface area contributed by atoms with Crippen LogP contribution in [-0.2, 0) is 18.4 Å². The van der Waals surface area contributed by atoms with E-state index < -0.39 is 0 Å². The van der Waals surface area contributed by atoms with Gasteiger partial charge in [-0.25, -0.2) is 0 Å². The first-order valence-corrected chi connectivity index (χ1v) is 8.75. The molecule has 0 bridgehead atoms. The van der Waals surface area contributed by atoms with Gasteiger partial charge >= 0.3 is 0 Å². The van der Waals surface area contributed by atoms with Crippen molar-refractivity contribution >= 4 is 6.08 Å². The summed E-state index contributed by atoms with van der Waals surface area (Å²) in [5.74, 6) is 0. The van der Waals surface area contributed by atoms with Crippen molar-refractivity contribution in [3.63, 3.8) is 0 Å². The zero-order valence-electron chi connectivity index (χ0n) is 14.4. The molecule has 1 aliphatic rings. The minimum absolute atomic E-state index is 0.170. The fourth-order valence-electron chi connectivity index (χ4n) is 3.56. The molecule has 1 unspecified atom stereocenters. The molecule has 1 aromatic heterocycles. The van der Waals surface area contributed by atoms with Crippen molar-refractivity contribution in [2.75, 3.05) is 0 Å². The van der Waals surface area contributed by atoms with E-state index in [2.05, 4.69) is 91.1 Å². The predicted octanol–water partition coefficient (Wildman–Crippen LogP) is 4.70. The van der Waals surface area contributed by atoms with Gasteiger partial charge in [0.2, 0.25) is 0 Å². The van der Waals surface area contributed by atoms with E-state index in [0.717, 1.165) is 24.4 Å². The number of fused-ring (bicyclic) bond motifs is 1. The van der Waals surface area contributed by atoms with Crippen molar-refractivity contribution in [2.45, 2.75) is 25.3 Å². The molecule has 0 aliphatic carbocycles. The minimum atomic E-state index is -0.170. The molecule has 124 valence electrons. The van der Waals surface area contributed by atoms with Crippen LogP contribution < -0.4 is 5.32 Å². The number of hydrogen-bond donors (Lipinski definition) is 1. The summed E-state index contributed by atoms with van der Waals surface area (Å²) in [6.07, 6.45) is 4.97. The van der Waals surface area contributed by atoms with Crippen LogP contribution in [-0.4, -0.2) is 4.98 Å². The molecular weight excluding hydrogens is 304 g/mol. The molecule has 0 radical (unpaired) electrons. The van der Waals surface area contributed by atoms with E-state index in [1.807, 2.05) is 6.20 Å². The van der Waals surface area contributed by atoms with Gasteiger partial charge in [0, 0.05) is 12.0 Å². The third kappa shape index (κ3) is 3.08. The Morgan fingerprint density at radius 1 is 0.920 bits per heavy atom. The Morgan fingerprint density at radius 2 is 1.64 bits per heavy atom. The van der Waals surface area contributed by atoms with E-state index in [1.54, 1.807) is 0 Å². The maximum absolute atomic E-state index is 5.03. The lowest BCUT2D eigenvalue weighted by molar-refractivity contribution is 0.547. The maximum atomic E-state index is 5.03. The van der Waals surface area contributed by atoms with E-state index in [-0.39, 0.29) is 5.41 Å². The van der Waals surface area contributed by atoms with E-state index in [4.69, 9.17) is 4.98 Å². The van der Waals surface area contributed by atoms with Gasteiger partial charge in [-0.15, -0.1) is 0 Å². The van der Waals surface area contributed by atoms with Crippen molar-refractivity contribution in [1.29, 1.82) is 0 Å². The number of pyridine rings is 1. The van der Waals surface area contributed by atoms with Gasteiger partial charge in [0.05, 0.1) is 11.4 Å². The lowest BCUT2D eigenvalue weighted by Crippen LogP contribution is -2.28. The highest BCUT2D eigenvalue weighted by atomic mass is 14.9. The van der Waals surface area contributed by atoms with Gasteiger partial charge in [-0.3, -0.25) is 4.98 Å². The Balaban J connectivity index is 1.82. The van der Waals surface area contributed by atoms with Crippen LogP contribution in [0.15, 0.2) is 79.0 Å². The topological polar surface area (TPSA) is 24.9 Å². The summed E-state index contributed by atoms with van der Waals surface area (Å²) < 4.78 is 0. The average molecular weight is 326 g/mol. The average Bonchev–Trinajstić information content (AvgIpc) is 2.69. The van der Waals surface area contributed by atoms with Gasteiger partial charge in [-0.1, -0.05) is 66.7 Å². The predicted molar refractivity (Wildman–Crippen MR) is 103 cm³/mol. The molecule has 0 spiro atoms. The Labute approximate surface area is 149 Å². The summed E-state index contributed by atoms with van der Waals surface area (Å²) in [4.78, 5) is 5.03. The first-order chi connectivity index (χ1) is 12.3. The molecule has 4 rings (SSSR count). The van der Waals surface area contributed by atoms with Crippen molar-refractivity contribution < 1.29 is 0 Å². The quantitative estimate of drug-likeness (QED) is 0.751. The summed E-state index contributed by atoms with van der Waals surface area (Å²) >= 11 is 0. The van der Waals surface area contributed by atoms with Crippen LogP contribution in [0, 0.1) is 0 Å². The van der Waals surface area contributed by atoms with Crippen molar-refractivity contribution in [1.82, 2.24) is 10.3 Å². The second-order valence-corrected chi connectivity index (χ2v) is 6.82. The maximum Gasteiger partial charge on any atom is 0.0697 e. The molecule has 0 saturated heterocycles. The largest absolute Gasteiger partial charge is 0.387 e. The highest BCUT2D eigenvalue weighted by molar-refractivity contribution is 5.53. The molecule has 0 fully saturated rings. The Bertz CT molecular complexity index is 884. The van der Waals surface area contributed by atoms with Gasteiger partial charge < -0.3 is 5.32 Å². The number of benzene rings is 2. The summed E-state index contributed by atoms with van der Waals surface area (Å²) in [7, 11) is 0. The van der Waals surface area contributed by atoms with Crippen molar-refractivity contribution in [3.05, 3.63) is 107 Å². The van der Waals surface area contributed by atoms with Gasteiger partial charge in [0.1, 0.15) is 0 Å². The van der Waals surface area contributed by atoms with Crippen LogP contribution in [0.2, 0.25) is 0 Å². The molecule has 2 aromatic carbocycles. The first-order valence-electron chi connectivity index (χ1n) is 8.75. The zero-order chi connectivity index (χ0) is 17.1. The summed E-state index contributed by atoms with van der Waals surface area (Å²) in [5.41, 5.74) is 5.89. The van der Waals surface area contributed by atoms with Crippen LogP contribution in [0.5, 0.6) is 0 Å². The smallest absolute Gasteiger partial charge is 0.0697 e. The number of hydrogen-bond acceptors (Lipinski definition) is 2. The van der Waals surface area contributed by atoms with Crippen LogP contribution in [0.25, 0.3) is 6.08 Å². The third-order valence-electron chi connectivity index (χ3n) is 5.04. The highest BCUT2D eigenvalue weighted by Crippen LogP contribution is 2.35. The fourth-order valence-corrected chi connectivity index (χ4v) is 3.56. The number of nitrogens with zero attached hydrogens (tertiary/aromatic N) is 1. The monoisotopic (exact) mass is 326 g/mol. The number of aromatic nitrogens is 1. The zero-order valence-corrected chi connectivity index (χ0v) is 14.4. The molecule has 25 heavy (non-hydrogen) atoms. The van der Waals surface area contributed by atoms with Gasteiger partial charge in [0.15, 0.2) is 0 Å².